The van der Waals surface area contributed by atoms with Crippen LogP contribution in [0.3, 0.4) is 0 Å². The van der Waals surface area contributed by atoms with Gasteiger partial charge in [0, 0.05) is 16.8 Å². The highest BCUT2D eigenvalue weighted by molar-refractivity contribution is 5.91. The largest absolute Gasteiger partial charge is 0.441 e. The number of aliphatic hydroxyl groups excluding tert-OH is 3. The van der Waals surface area contributed by atoms with E-state index in [9.17, 15) is 29.7 Å². The molecule has 4 aliphatic heterocycles. The Hall–Kier alpha value is -4.93. The van der Waals surface area contributed by atoms with Crippen LogP contribution in [-0.4, -0.2) is 101 Å². The van der Waals surface area contributed by atoms with E-state index in [1.165, 1.54) is 25.6 Å². The Morgan fingerprint density at radius 3 is 1.85 bits per heavy atom. The van der Waals surface area contributed by atoms with Gasteiger partial charge in [-0.05, 0) is 42.3 Å². The molecular formula is C30H31FN6O9. The second-order valence-corrected chi connectivity index (χ2v) is 11.5. The topological polar surface area (TPSA) is 170 Å². The van der Waals surface area contributed by atoms with Crippen LogP contribution in [0, 0.1) is 12.7 Å². The van der Waals surface area contributed by atoms with Gasteiger partial charge in [-0.15, -0.1) is 5.10 Å². The number of nitrogens with zero attached hydrogens (tertiary/aromatic N) is 6. The average Bonchev–Trinajstić information content (AvgIpc) is 3.86. The van der Waals surface area contributed by atoms with Crippen molar-refractivity contribution in [3.8, 4) is 0 Å². The number of benzene rings is 2. The lowest BCUT2D eigenvalue weighted by Gasteiger charge is -2.28. The van der Waals surface area contributed by atoms with Crippen molar-refractivity contribution in [2.24, 2.45) is 0 Å². The predicted molar refractivity (Wildman–Crippen MR) is 158 cm³/mol. The van der Waals surface area contributed by atoms with Gasteiger partial charge in [-0.2, -0.15) is 4.79 Å². The van der Waals surface area contributed by atoms with E-state index in [1.54, 1.807) is 42.4 Å². The number of fused-ring (bicyclic) bond motifs is 1. The highest BCUT2D eigenvalue weighted by Gasteiger charge is 2.40. The highest BCUT2D eigenvalue weighted by Crippen LogP contribution is 2.42. The molecule has 16 heteroatoms. The zero-order valence-corrected chi connectivity index (χ0v) is 24.7. The number of amides is 3. The van der Waals surface area contributed by atoms with Crippen molar-refractivity contribution in [2.75, 3.05) is 59.2 Å². The van der Waals surface area contributed by atoms with Gasteiger partial charge in [-0.3, -0.25) is 19.7 Å². The number of aromatic nitrogens is 2. The number of aliphatic hydroxyl groups is 3. The van der Waals surface area contributed by atoms with Crippen molar-refractivity contribution in [3.63, 3.8) is 0 Å². The van der Waals surface area contributed by atoms with Crippen LogP contribution in [0.2, 0.25) is 0 Å². The molecule has 3 fully saturated rings. The molecule has 3 N–H and O–H groups in total. The van der Waals surface area contributed by atoms with E-state index in [0.717, 1.165) is 11.1 Å². The van der Waals surface area contributed by atoms with Crippen LogP contribution in [0.25, 0.3) is 0 Å². The van der Waals surface area contributed by atoms with Crippen molar-refractivity contribution in [3.05, 3.63) is 70.7 Å². The van der Waals surface area contributed by atoms with Crippen LogP contribution in [-0.2, 0) is 20.8 Å². The molecule has 15 nitrogen and oxygen atoms in total. The van der Waals surface area contributed by atoms with Crippen LogP contribution in [0.15, 0.2) is 42.6 Å². The number of anilines is 3. The fourth-order valence-corrected chi connectivity index (χ4v) is 6.29. The molecule has 4 atom stereocenters. The molecule has 0 spiro atoms. The summed E-state index contributed by atoms with van der Waals surface area (Å²) in [6.07, 6.45) is -2.23. The molecule has 46 heavy (non-hydrogen) atoms. The third kappa shape index (κ3) is 4.94. The van der Waals surface area contributed by atoms with E-state index in [-0.39, 0.29) is 57.3 Å². The lowest BCUT2D eigenvalue weighted by Crippen LogP contribution is -2.35. The molecular weight excluding hydrogens is 607 g/mol. The first-order valence-electron chi connectivity index (χ1n) is 14.7. The fourth-order valence-electron chi connectivity index (χ4n) is 6.29. The van der Waals surface area contributed by atoms with Crippen LogP contribution < -0.4 is 19.7 Å². The Morgan fingerprint density at radius 2 is 1.30 bits per heavy atom. The van der Waals surface area contributed by atoms with Crippen molar-refractivity contribution >= 4 is 35.5 Å². The normalized spacial score (nSPS) is 24.2. The molecule has 4 unspecified atom stereocenters. The smallest absolute Gasteiger partial charge is 0.416 e. The Bertz CT molecular complexity index is 1720. The predicted octanol–water partition coefficient (Wildman–Crippen LogP) is 1.52. The summed E-state index contributed by atoms with van der Waals surface area (Å²) in [6.45, 7) is 1.40. The SMILES string of the molecule is Cc1cn(N2Cc3cc(N4CC(CO)OC4=O)ccc3C2c2ccc(N3CC(CO)OC3=O)cc2F)nc1N1CC(CO)OC1=O. The number of cyclic esters (lactones) is 3. The van der Waals surface area contributed by atoms with E-state index in [2.05, 4.69) is 5.10 Å². The summed E-state index contributed by atoms with van der Waals surface area (Å²) in [5, 5.41) is 34.9. The minimum atomic E-state index is -0.715. The Morgan fingerprint density at radius 1 is 0.783 bits per heavy atom. The summed E-state index contributed by atoms with van der Waals surface area (Å²) in [7, 11) is 0. The van der Waals surface area contributed by atoms with Gasteiger partial charge in [0.2, 0.25) is 0 Å². The Balaban J connectivity index is 1.27. The molecule has 4 aliphatic rings. The van der Waals surface area contributed by atoms with Gasteiger partial charge in [-0.1, -0.05) is 12.1 Å². The number of rotatable bonds is 8. The first-order chi connectivity index (χ1) is 22.2. The lowest BCUT2D eigenvalue weighted by atomic mass is 9.97. The molecule has 2 aromatic carbocycles. The molecule has 0 saturated carbocycles. The molecule has 242 valence electrons. The number of halogens is 1. The van der Waals surface area contributed by atoms with Crippen molar-refractivity contribution < 1.29 is 48.3 Å². The van der Waals surface area contributed by atoms with Gasteiger partial charge >= 0.3 is 18.3 Å². The summed E-state index contributed by atoms with van der Waals surface area (Å²) in [5.74, 6) is -0.274. The summed E-state index contributed by atoms with van der Waals surface area (Å²) in [6, 6.07) is 9.05. The van der Waals surface area contributed by atoms with Gasteiger partial charge in [0.1, 0.15) is 30.2 Å². The maximum absolute atomic E-state index is 16.1. The molecule has 0 bridgehead atoms. The van der Waals surface area contributed by atoms with Crippen molar-refractivity contribution in [1.82, 2.24) is 9.89 Å². The number of hydrogen-bond donors (Lipinski definition) is 3. The van der Waals surface area contributed by atoms with Gasteiger partial charge in [-0.25, -0.2) is 18.8 Å². The third-order valence-corrected chi connectivity index (χ3v) is 8.56. The van der Waals surface area contributed by atoms with Gasteiger partial charge in [0.25, 0.3) is 0 Å². The van der Waals surface area contributed by atoms with Crippen LogP contribution >= 0.6 is 0 Å². The van der Waals surface area contributed by atoms with E-state index in [0.29, 0.717) is 17.1 Å². The second-order valence-electron chi connectivity index (χ2n) is 11.5. The van der Waals surface area contributed by atoms with Crippen molar-refractivity contribution in [2.45, 2.75) is 37.8 Å². The van der Waals surface area contributed by atoms with Crippen LogP contribution in [0.5, 0.6) is 0 Å². The van der Waals surface area contributed by atoms with Gasteiger partial charge < -0.3 is 29.5 Å². The molecule has 7 rings (SSSR count). The lowest BCUT2D eigenvalue weighted by molar-refractivity contribution is 0.0960. The first kappa shape index (κ1) is 29.8. The van der Waals surface area contributed by atoms with Gasteiger partial charge in [0.15, 0.2) is 5.82 Å². The number of aryl methyl sites for hydroxylation is 1. The summed E-state index contributed by atoms with van der Waals surface area (Å²) < 4.78 is 31.6. The van der Waals surface area contributed by atoms with E-state index >= 15 is 4.39 Å². The summed E-state index contributed by atoms with van der Waals surface area (Å²) in [4.78, 5) is 43.0. The Kier molecular flexibility index (Phi) is 7.41. The number of hydrogen-bond acceptors (Lipinski definition) is 11. The maximum Gasteiger partial charge on any atom is 0.416 e. The maximum atomic E-state index is 16.1. The van der Waals surface area contributed by atoms with Crippen LogP contribution in [0.1, 0.15) is 28.3 Å². The Labute approximate surface area is 261 Å². The zero-order chi connectivity index (χ0) is 32.3. The minimum absolute atomic E-state index is 0.0801. The molecule has 0 aliphatic carbocycles. The molecule has 0 radical (unpaired) electrons. The summed E-state index contributed by atoms with van der Waals surface area (Å²) in [5.41, 5.74) is 3.25. The third-order valence-electron chi connectivity index (χ3n) is 8.56. The summed E-state index contributed by atoms with van der Waals surface area (Å²) >= 11 is 0. The number of ether oxygens (including phenoxy) is 3. The van der Waals surface area contributed by atoms with E-state index in [1.807, 2.05) is 6.07 Å². The number of carbonyl (C=O) groups excluding carboxylic acids is 3. The average molecular weight is 639 g/mol. The molecule has 3 amide bonds. The quantitative estimate of drug-likeness (QED) is 0.306. The van der Waals surface area contributed by atoms with E-state index in [4.69, 9.17) is 14.2 Å². The monoisotopic (exact) mass is 638 g/mol. The van der Waals surface area contributed by atoms with Gasteiger partial charge in [0.05, 0.1) is 57.9 Å². The molecule has 1 aromatic heterocycles. The van der Waals surface area contributed by atoms with Crippen LogP contribution in [0.4, 0.5) is 36.0 Å². The van der Waals surface area contributed by atoms with Crippen molar-refractivity contribution in [1.29, 1.82) is 0 Å². The highest BCUT2D eigenvalue weighted by atomic mass is 19.1. The zero-order valence-electron chi connectivity index (χ0n) is 24.7. The minimum Gasteiger partial charge on any atom is -0.441 e. The molecule has 3 aromatic rings. The molecule has 5 heterocycles. The molecule has 3 saturated heterocycles. The number of carbonyl (C=O) groups is 3. The first-order valence-corrected chi connectivity index (χ1v) is 14.7. The van der Waals surface area contributed by atoms with E-state index < -0.39 is 48.5 Å². The standard InChI is InChI=1S/C30H31FN6O9/c1-16-8-37(32-27(16)35-12-22(15-40)46-30(35)43)36-9-17-6-18(33-10-20(13-38)44-28(33)41)2-4-23(17)26(36)24-5-3-19(7-25(24)31)34-11-21(14-39)45-29(34)42/h2-8,20-22,26,38-40H,9-15H2,1H3. The second kappa shape index (κ2) is 11.5. The fraction of sp³-hybridized carbons (Fsp3) is 0.400.